The molecule has 2 unspecified atom stereocenters. The first-order chi connectivity index (χ1) is 4.18. The van der Waals surface area contributed by atoms with Crippen molar-refractivity contribution >= 4 is 12.6 Å². The van der Waals surface area contributed by atoms with Gasteiger partial charge in [-0.15, -0.1) is 0 Å². The molecule has 0 bridgehead atoms. The molecule has 1 rings (SSSR count). The second kappa shape index (κ2) is 2.93. The standard InChI is InChI=1S/C7H15NS/c1-6-3-7(9)5-8(2)4-6/h6-7,9H,3-5H2,1-2H3. The molecule has 54 valence electrons. The molecule has 1 nitrogen and oxygen atoms in total. The third-order valence-corrected chi connectivity index (χ3v) is 2.19. The van der Waals surface area contributed by atoms with E-state index in [1.165, 1.54) is 13.0 Å². The highest BCUT2D eigenvalue weighted by atomic mass is 32.1. The highest BCUT2D eigenvalue weighted by molar-refractivity contribution is 7.81. The van der Waals surface area contributed by atoms with Crippen LogP contribution in [-0.4, -0.2) is 30.3 Å². The van der Waals surface area contributed by atoms with Crippen molar-refractivity contribution in [1.82, 2.24) is 4.90 Å². The summed E-state index contributed by atoms with van der Waals surface area (Å²) in [6.45, 7) is 4.70. The quantitative estimate of drug-likeness (QED) is 0.502. The van der Waals surface area contributed by atoms with Gasteiger partial charge in [0.05, 0.1) is 0 Å². The van der Waals surface area contributed by atoms with Crippen LogP contribution in [0.3, 0.4) is 0 Å². The molecule has 0 amide bonds. The van der Waals surface area contributed by atoms with Gasteiger partial charge < -0.3 is 4.90 Å². The summed E-state index contributed by atoms with van der Waals surface area (Å²) in [5.41, 5.74) is 0. The Kier molecular flexibility index (Phi) is 2.42. The zero-order valence-electron chi connectivity index (χ0n) is 6.17. The highest BCUT2D eigenvalue weighted by Gasteiger charge is 2.18. The Morgan fingerprint density at radius 1 is 1.44 bits per heavy atom. The molecule has 9 heavy (non-hydrogen) atoms. The van der Waals surface area contributed by atoms with Crippen LogP contribution in [-0.2, 0) is 0 Å². The lowest BCUT2D eigenvalue weighted by atomic mass is 10.0. The summed E-state index contributed by atoms with van der Waals surface area (Å²) < 4.78 is 0. The molecular weight excluding hydrogens is 130 g/mol. The third kappa shape index (κ3) is 2.18. The first-order valence-electron chi connectivity index (χ1n) is 3.55. The van der Waals surface area contributed by atoms with E-state index in [-0.39, 0.29) is 0 Å². The Morgan fingerprint density at radius 3 is 2.56 bits per heavy atom. The smallest absolute Gasteiger partial charge is 0.0147 e. The summed E-state index contributed by atoms with van der Waals surface area (Å²) in [7, 11) is 2.17. The van der Waals surface area contributed by atoms with Crippen LogP contribution in [0.5, 0.6) is 0 Å². The first kappa shape index (κ1) is 7.42. The summed E-state index contributed by atoms with van der Waals surface area (Å²) >= 11 is 4.44. The molecule has 0 saturated carbocycles. The Bertz CT molecular complexity index is 69.9. The molecule has 1 heterocycles. The minimum atomic E-state index is 0.610. The average molecular weight is 145 g/mol. The molecule has 1 aliphatic rings. The van der Waals surface area contributed by atoms with E-state index in [2.05, 4.69) is 31.5 Å². The molecule has 1 saturated heterocycles. The van der Waals surface area contributed by atoms with Crippen molar-refractivity contribution in [3.63, 3.8) is 0 Å². The van der Waals surface area contributed by atoms with Gasteiger partial charge in [0.1, 0.15) is 0 Å². The van der Waals surface area contributed by atoms with Gasteiger partial charge in [-0.1, -0.05) is 6.92 Å². The Balaban J connectivity index is 2.34. The number of hydrogen-bond donors (Lipinski definition) is 1. The molecule has 0 aromatic heterocycles. The van der Waals surface area contributed by atoms with E-state index in [4.69, 9.17) is 0 Å². The Labute approximate surface area is 62.8 Å². The van der Waals surface area contributed by atoms with Crippen LogP contribution in [0, 0.1) is 5.92 Å². The van der Waals surface area contributed by atoms with Crippen LogP contribution >= 0.6 is 12.6 Å². The van der Waals surface area contributed by atoms with Crippen LogP contribution in [0.4, 0.5) is 0 Å². The lowest BCUT2D eigenvalue weighted by molar-refractivity contribution is 0.228. The monoisotopic (exact) mass is 145 g/mol. The molecule has 1 fully saturated rings. The van der Waals surface area contributed by atoms with E-state index in [1.54, 1.807) is 0 Å². The van der Waals surface area contributed by atoms with Gasteiger partial charge in [0.25, 0.3) is 0 Å². The van der Waals surface area contributed by atoms with Crippen LogP contribution < -0.4 is 0 Å². The van der Waals surface area contributed by atoms with Crippen molar-refractivity contribution in [3.8, 4) is 0 Å². The van der Waals surface area contributed by atoms with E-state index >= 15 is 0 Å². The minimum absolute atomic E-state index is 0.610. The van der Waals surface area contributed by atoms with Crippen LogP contribution in [0.15, 0.2) is 0 Å². The summed E-state index contributed by atoms with van der Waals surface area (Å²) in [6, 6.07) is 0. The van der Waals surface area contributed by atoms with E-state index in [1.807, 2.05) is 0 Å². The zero-order chi connectivity index (χ0) is 6.85. The highest BCUT2D eigenvalue weighted by Crippen LogP contribution is 2.18. The molecule has 0 N–H and O–H groups in total. The Hall–Kier alpha value is 0.310. The predicted molar refractivity (Wildman–Crippen MR) is 44.1 cm³/mol. The average Bonchev–Trinajstić information content (AvgIpc) is 1.59. The Morgan fingerprint density at radius 2 is 2.11 bits per heavy atom. The topological polar surface area (TPSA) is 3.24 Å². The molecule has 0 aromatic rings. The first-order valence-corrected chi connectivity index (χ1v) is 4.06. The molecular formula is C7H15NS. The van der Waals surface area contributed by atoms with Crippen LogP contribution in [0.2, 0.25) is 0 Å². The molecule has 0 aliphatic carbocycles. The van der Waals surface area contributed by atoms with Crippen molar-refractivity contribution in [2.75, 3.05) is 20.1 Å². The lowest BCUT2D eigenvalue weighted by Crippen LogP contribution is -2.37. The molecule has 0 spiro atoms. The molecule has 0 aromatic carbocycles. The van der Waals surface area contributed by atoms with Gasteiger partial charge in [-0.3, -0.25) is 0 Å². The van der Waals surface area contributed by atoms with Crippen molar-refractivity contribution in [2.45, 2.75) is 18.6 Å². The van der Waals surface area contributed by atoms with Crippen molar-refractivity contribution in [1.29, 1.82) is 0 Å². The lowest BCUT2D eigenvalue weighted by Gasteiger charge is -2.31. The maximum atomic E-state index is 4.44. The number of thiol groups is 1. The van der Waals surface area contributed by atoms with E-state index in [9.17, 15) is 0 Å². The fourth-order valence-electron chi connectivity index (χ4n) is 1.58. The van der Waals surface area contributed by atoms with Gasteiger partial charge in [-0.05, 0) is 19.4 Å². The SMILES string of the molecule is CC1CC(S)CN(C)C1. The predicted octanol–water partition coefficient (Wildman–Crippen LogP) is 1.26. The fraction of sp³-hybridized carbons (Fsp3) is 1.00. The van der Waals surface area contributed by atoms with Crippen LogP contribution in [0.1, 0.15) is 13.3 Å². The zero-order valence-corrected chi connectivity index (χ0v) is 7.06. The van der Waals surface area contributed by atoms with E-state index in [0.29, 0.717) is 5.25 Å². The third-order valence-electron chi connectivity index (χ3n) is 1.82. The largest absolute Gasteiger partial charge is 0.305 e. The number of piperidine rings is 1. The summed E-state index contributed by atoms with van der Waals surface area (Å²) in [5.74, 6) is 0.839. The fourth-order valence-corrected chi connectivity index (χ4v) is 2.22. The van der Waals surface area contributed by atoms with E-state index < -0.39 is 0 Å². The molecule has 0 radical (unpaired) electrons. The van der Waals surface area contributed by atoms with Gasteiger partial charge in [-0.2, -0.15) is 12.6 Å². The van der Waals surface area contributed by atoms with Gasteiger partial charge in [-0.25, -0.2) is 0 Å². The molecule has 2 atom stereocenters. The summed E-state index contributed by atoms with van der Waals surface area (Å²) in [5, 5.41) is 0.610. The summed E-state index contributed by atoms with van der Waals surface area (Å²) in [4.78, 5) is 2.35. The van der Waals surface area contributed by atoms with Crippen molar-refractivity contribution in [2.24, 2.45) is 5.92 Å². The molecule has 1 aliphatic heterocycles. The van der Waals surface area contributed by atoms with Gasteiger partial charge in [0.15, 0.2) is 0 Å². The van der Waals surface area contributed by atoms with Gasteiger partial charge in [0, 0.05) is 18.3 Å². The maximum Gasteiger partial charge on any atom is 0.0147 e. The minimum Gasteiger partial charge on any atom is -0.305 e. The van der Waals surface area contributed by atoms with Crippen LogP contribution in [0.25, 0.3) is 0 Å². The number of hydrogen-bond acceptors (Lipinski definition) is 2. The molecule has 2 heteroatoms. The van der Waals surface area contributed by atoms with E-state index in [0.717, 1.165) is 12.5 Å². The maximum absolute atomic E-state index is 4.44. The van der Waals surface area contributed by atoms with Gasteiger partial charge >= 0.3 is 0 Å². The van der Waals surface area contributed by atoms with Crippen molar-refractivity contribution in [3.05, 3.63) is 0 Å². The summed E-state index contributed by atoms with van der Waals surface area (Å²) in [6.07, 6.45) is 1.29. The second-order valence-corrected chi connectivity index (χ2v) is 3.95. The normalized spacial score (nSPS) is 39.0. The number of likely N-dealkylation sites (tertiary alicyclic amines) is 1. The van der Waals surface area contributed by atoms with Crippen molar-refractivity contribution < 1.29 is 0 Å². The van der Waals surface area contributed by atoms with Gasteiger partial charge in [0.2, 0.25) is 0 Å². The number of rotatable bonds is 0. The number of nitrogens with zero attached hydrogens (tertiary/aromatic N) is 1. The second-order valence-electron chi connectivity index (χ2n) is 3.22.